The van der Waals surface area contributed by atoms with E-state index in [4.69, 9.17) is 8.83 Å². The Labute approximate surface area is 357 Å². The summed E-state index contributed by atoms with van der Waals surface area (Å²) < 4.78 is 17.6. The van der Waals surface area contributed by atoms with Crippen LogP contribution < -0.4 is 0 Å². The summed E-state index contributed by atoms with van der Waals surface area (Å²) in [7, 11) is 0. The highest BCUT2D eigenvalue weighted by atomic mass is 16.3. The Bertz CT molecular complexity index is 3710. The number of furan rings is 2. The lowest BCUT2D eigenvalue weighted by atomic mass is 9.96. The van der Waals surface area contributed by atoms with Crippen molar-refractivity contribution in [3.8, 4) is 44.5 Å². The van der Waals surface area contributed by atoms with Gasteiger partial charge in [-0.1, -0.05) is 91.0 Å². The van der Waals surface area contributed by atoms with Gasteiger partial charge >= 0.3 is 0 Å². The number of aromatic nitrogens is 2. The fourth-order valence-corrected chi connectivity index (χ4v) is 10.3. The standard InChI is InChI=1S/C58H40N2O2/c1-3-59-51-14-7-5-12-43(51)45-29-37(16-22-53(45)59)41-20-26-57-49(33-41)47-31-39(18-24-55(47)61-57)35-10-9-11-36(28-35)40-19-25-56-48(32-40)50-34-42(21-27-58(50)62-56)38-17-23-54-46(30-38)44-13-6-8-15-52(44)60(54)4-2/h5-34H,3-4H2,1-2H3. The molecule has 4 heterocycles. The summed E-state index contributed by atoms with van der Waals surface area (Å²) in [6, 6.07) is 66.4. The van der Waals surface area contributed by atoms with Crippen LogP contribution in [-0.4, -0.2) is 9.13 Å². The van der Waals surface area contributed by atoms with E-state index in [9.17, 15) is 0 Å². The van der Waals surface area contributed by atoms with Gasteiger partial charge in [-0.25, -0.2) is 0 Å². The van der Waals surface area contributed by atoms with Gasteiger partial charge < -0.3 is 18.0 Å². The van der Waals surface area contributed by atoms with Crippen LogP contribution in [-0.2, 0) is 13.1 Å². The second-order valence-electron chi connectivity index (χ2n) is 16.6. The Kier molecular flexibility index (Phi) is 7.53. The topological polar surface area (TPSA) is 36.1 Å². The third kappa shape index (κ3) is 5.20. The van der Waals surface area contributed by atoms with Crippen molar-refractivity contribution >= 4 is 87.5 Å². The molecule has 0 amide bonds. The molecule has 13 rings (SSSR count). The van der Waals surface area contributed by atoms with Gasteiger partial charge in [-0.05, 0) is 149 Å². The predicted molar refractivity (Wildman–Crippen MR) is 260 cm³/mol. The third-order valence-electron chi connectivity index (χ3n) is 13.3. The Morgan fingerprint density at radius 3 is 0.952 bits per heavy atom. The average molecular weight is 797 g/mol. The lowest BCUT2D eigenvalue weighted by Gasteiger charge is -2.07. The fourth-order valence-electron chi connectivity index (χ4n) is 10.3. The van der Waals surface area contributed by atoms with Crippen molar-refractivity contribution in [1.82, 2.24) is 9.13 Å². The normalized spacial score (nSPS) is 12.2. The summed E-state index contributed by atoms with van der Waals surface area (Å²) in [5.41, 5.74) is 18.1. The average Bonchev–Trinajstić information content (AvgIpc) is 4.07. The fraction of sp³-hybridized carbons (Fsp3) is 0.0690. The second kappa shape index (κ2) is 13.3. The number of para-hydroxylation sites is 2. The van der Waals surface area contributed by atoms with Crippen molar-refractivity contribution in [2.45, 2.75) is 26.9 Å². The van der Waals surface area contributed by atoms with Crippen molar-refractivity contribution in [3.63, 3.8) is 0 Å². The quantitative estimate of drug-likeness (QED) is 0.168. The summed E-state index contributed by atoms with van der Waals surface area (Å²) in [5, 5.41) is 9.63. The van der Waals surface area contributed by atoms with E-state index < -0.39 is 0 Å². The summed E-state index contributed by atoms with van der Waals surface area (Å²) in [6.45, 7) is 6.30. The van der Waals surface area contributed by atoms with Gasteiger partial charge in [0.05, 0.1) is 0 Å². The summed E-state index contributed by atoms with van der Waals surface area (Å²) in [6.07, 6.45) is 0. The van der Waals surface area contributed by atoms with Crippen molar-refractivity contribution in [1.29, 1.82) is 0 Å². The van der Waals surface area contributed by atoms with E-state index >= 15 is 0 Å². The molecule has 0 aliphatic carbocycles. The molecule has 4 aromatic heterocycles. The molecule has 9 aromatic carbocycles. The monoisotopic (exact) mass is 796 g/mol. The van der Waals surface area contributed by atoms with Crippen molar-refractivity contribution in [2.24, 2.45) is 0 Å². The SMILES string of the molecule is CCn1c2ccccc2c2cc(-c3ccc4oc5ccc(-c6cccc(-c7ccc8oc9ccc(-c%10ccc%11c(c%10)c%10ccccc%10n%11CC)cc9c8c7)c6)cc5c4c3)ccc21. The number of hydrogen-bond acceptors (Lipinski definition) is 2. The molecule has 0 N–H and O–H groups in total. The zero-order chi connectivity index (χ0) is 41.1. The molecular weight excluding hydrogens is 757 g/mol. The van der Waals surface area contributed by atoms with Crippen molar-refractivity contribution in [2.75, 3.05) is 0 Å². The van der Waals surface area contributed by atoms with Gasteiger partial charge in [0.15, 0.2) is 0 Å². The molecule has 0 radical (unpaired) electrons. The smallest absolute Gasteiger partial charge is 0.135 e. The highest BCUT2D eigenvalue weighted by Crippen LogP contribution is 2.40. The zero-order valence-electron chi connectivity index (χ0n) is 34.4. The van der Waals surface area contributed by atoms with Gasteiger partial charge in [0.25, 0.3) is 0 Å². The van der Waals surface area contributed by atoms with Crippen molar-refractivity contribution < 1.29 is 8.83 Å². The second-order valence-corrected chi connectivity index (χ2v) is 16.6. The van der Waals surface area contributed by atoms with Crippen LogP contribution in [0.5, 0.6) is 0 Å². The molecule has 0 aliphatic heterocycles. The van der Waals surface area contributed by atoms with Crippen LogP contribution >= 0.6 is 0 Å². The molecule has 0 atom stereocenters. The minimum absolute atomic E-state index is 0.891. The molecule has 0 spiro atoms. The molecular formula is C58H40N2O2. The summed E-state index contributed by atoms with van der Waals surface area (Å²) >= 11 is 0. The lowest BCUT2D eigenvalue weighted by molar-refractivity contribution is 0.668. The first-order valence-electron chi connectivity index (χ1n) is 21.7. The van der Waals surface area contributed by atoms with Gasteiger partial charge in [-0.2, -0.15) is 0 Å². The van der Waals surface area contributed by atoms with Crippen LogP contribution in [0.25, 0.3) is 132 Å². The number of rotatable bonds is 6. The maximum Gasteiger partial charge on any atom is 0.135 e. The molecule has 4 heteroatoms. The van der Waals surface area contributed by atoms with Crippen LogP contribution in [0.2, 0.25) is 0 Å². The third-order valence-corrected chi connectivity index (χ3v) is 13.3. The van der Waals surface area contributed by atoms with E-state index in [1.54, 1.807) is 0 Å². The highest BCUT2D eigenvalue weighted by molar-refractivity contribution is 6.13. The first-order chi connectivity index (χ1) is 30.6. The molecule has 294 valence electrons. The number of nitrogens with zero attached hydrogens (tertiary/aromatic N) is 2. The molecule has 0 bridgehead atoms. The van der Waals surface area contributed by atoms with Gasteiger partial charge in [-0.15, -0.1) is 0 Å². The summed E-state index contributed by atoms with van der Waals surface area (Å²) in [4.78, 5) is 0. The highest BCUT2D eigenvalue weighted by Gasteiger charge is 2.16. The van der Waals surface area contributed by atoms with E-state index in [-0.39, 0.29) is 0 Å². The maximum absolute atomic E-state index is 6.41. The number of hydrogen-bond donors (Lipinski definition) is 0. The molecule has 0 unspecified atom stereocenters. The minimum Gasteiger partial charge on any atom is -0.456 e. The molecule has 4 nitrogen and oxygen atoms in total. The van der Waals surface area contributed by atoms with Gasteiger partial charge in [0.2, 0.25) is 0 Å². The van der Waals surface area contributed by atoms with Crippen LogP contribution in [0.3, 0.4) is 0 Å². The molecule has 62 heavy (non-hydrogen) atoms. The molecule has 13 aromatic rings. The Morgan fingerprint density at radius 2 is 0.581 bits per heavy atom. The van der Waals surface area contributed by atoms with Crippen LogP contribution in [0.1, 0.15) is 13.8 Å². The van der Waals surface area contributed by atoms with Crippen LogP contribution in [0.4, 0.5) is 0 Å². The van der Waals surface area contributed by atoms with E-state index in [2.05, 4.69) is 205 Å². The number of aryl methyl sites for hydroxylation is 2. The van der Waals surface area contributed by atoms with Gasteiger partial charge in [0, 0.05) is 78.2 Å². The number of benzene rings is 9. The predicted octanol–water partition coefficient (Wildman–Crippen LogP) is 16.4. The first-order valence-corrected chi connectivity index (χ1v) is 21.7. The van der Waals surface area contributed by atoms with E-state index in [1.165, 1.54) is 65.9 Å². The van der Waals surface area contributed by atoms with E-state index in [0.717, 1.165) is 79.2 Å². The molecule has 0 fully saturated rings. The minimum atomic E-state index is 0.891. The largest absolute Gasteiger partial charge is 0.456 e. The zero-order valence-corrected chi connectivity index (χ0v) is 34.4. The van der Waals surface area contributed by atoms with E-state index in [1.807, 2.05) is 0 Å². The molecule has 0 saturated carbocycles. The van der Waals surface area contributed by atoms with Crippen molar-refractivity contribution in [3.05, 3.63) is 182 Å². The Hall–Kier alpha value is -7.82. The lowest BCUT2D eigenvalue weighted by Crippen LogP contribution is -1.92. The van der Waals surface area contributed by atoms with Crippen LogP contribution in [0.15, 0.2) is 191 Å². The first kappa shape index (κ1) is 35.0. The summed E-state index contributed by atoms with van der Waals surface area (Å²) in [5.74, 6) is 0. The molecule has 0 saturated heterocycles. The Morgan fingerprint density at radius 1 is 0.274 bits per heavy atom. The van der Waals surface area contributed by atoms with Gasteiger partial charge in [-0.3, -0.25) is 0 Å². The molecule has 0 aliphatic rings. The number of fused-ring (bicyclic) bond motifs is 12. The van der Waals surface area contributed by atoms with E-state index in [0.29, 0.717) is 0 Å². The Balaban J connectivity index is 0.862. The maximum atomic E-state index is 6.41. The van der Waals surface area contributed by atoms with Crippen LogP contribution in [0, 0.1) is 0 Å². The van der Waals surface area contributed by atoms with Gasteiger partial charge in [0.1, 0.15) is 22.3 Å².